The van der Waals surface area contributed by atoms with E-state index in [1.807, 2.05) is 24.3 Å². The highest BCUT2D eigenvalue weighted by Gasteiger charge is 2.46. The maximum atomic E-state index is 13.7. The van der Waals surface area contributed by atoms with Crippen molar-refractivity contribution in [2.75, 3.05) is 13.6 Å². The van der Waals surface area contributed by atoms with Crippen molar-refractivity contribution >= 4 is 0 Å². The molecule has 0 unspecified atom stereocenters. The second-order valence-corrected chi connectivity index (χ2v) is 5.87. The second kappa shape index (κ2) is 5.71. The van der Waals surface area contributed by atoms with E-state index in [2.05, 4.69) is 5.32 Å². The molecule has 0 heterocycles. The van der Waals surface area contributed by atoms with Gasteiger partial charge in [0.05, 0.1) is 0 Å². The SMILES string of the molecule is CNC[C@@]1(O)Cc2ccccc2[C@H]1Oc1cccc(F)c1C. The van der Waals surface area contributed by atoms with Crippen molar-refractivity contribution in [3.05, 3.63) is 65.0 Å². The van der Waals surface area contributed by atoms with Crippen LogP contribution in [0.25, 0.3) is 0 Å². The quantitative estimate of drug-likeness (QED) is 0.912. The summed E-state index contributed by atoms with van der Waals surface area (Å²) in [6, 6.07) is 12.6. The molecule has 1 aliphatic rings. The van der Waals surface area contributed by atoms with E-state index in [0.29, 0.717) is 24.3 Å². The van der Waals surface area contributed by atoms with E-state index in [0.717, 1.165) is 11.1 Å². The molecule has 22 heavy (non-hydrogen) atoms. The van der Waals surface area contributed by atoms with Crippen LogP contribution in [0.5, 0.6) is 5.75 Å². The van der Waals surface area contributed by atoms with E-state index in [-0.39, 0.29) is 5.82 Å². The van der Waals surface area contributed by atoms with Gasteiger partial charge in [0, 0.05) is 18.5 Å². The number of benzene rings is 2. The highest BCUT2D eigenvalue weighted by molar-refractivity contribution is 5.41. The lowest BCUT2D eigenvalue weighted by molar-refractivity contribution is -0.0488. The number of ether oxygens (including phenoxy) is 1. The van der Waals surface area contributed by atoms with Crippen LogP contribution in [0.1, 0.15) is 22.8 Å². The van der Waals surface area contributed by atoms with Gasteiger partial charge in [0.2, 0.25) is 0 Å². The Balaban J connectivity index is 2.00. The molecule has 0 spiro atoms. The fraction of sp³-hybridized carbons (Fsp3) is 0.333. The first kappa shape index (κ1) is 15.0. The molecule has 1 aliphatic carbocycles. The summed E-state index contributed by atoms with van der Waals surface area (Å²) in [6.07, 6.45) is -0.0000827. The molecule has 0 radical (unpaired) electrons. The topological polar surface area (TPSA) is 41.5 Å². The molecule has 0 fully saturated rings. The van der Waals surface area contributed by atoms with Crippen LogP contribution in [0.4, 0.5) is 4.39 Å². The van der Waals surface area contributed by atoms with Gasteiger partial charge < -0.3 is 15.2 Å². The van der Waals surface area contributed by atoms with Crippen molar-refractivity contribution in [1.29, 1.82) is 0 Å². The molecule has 0 aliphatic heterocycles. The summed E-state index contributed by atoms with van der Waals surface area (Å²) < 4.78 is 19.8. The number of halogens is 1. The van der Waals surface area contributed by atoms with E-state index in [1.165, 1.54) is 6.07 Å². The van der Waals surface area contributed by atoms with Crippen molar-refractivity contribution in [2.45, 2.75) is 25.0 Å². The van der Waals surface area contributed by atoms with Gasteiger partial charge in [0.1, 0.15) is 17.2 Å². The summed E-state index contributed by atoms with van der Waals surface area (Å²) in [5.74, 6) is 0.164. The largest absolute Gasteiger partial charge is 0.482 e. The fourth-order valence-electron chi connectivity index (χ4n) is 3.14. The fourth-order valence-corrected chi connectivity index (χ4v) is 3.14. The molecule has 0 bridgehead atoms. The first-order valence-corrected chi connectivity index (χ1v) is 7.42. The normalized spacial score (nSPS) is 23.4. The van der Waals surface area contributed by atoms with Gasteiger partial charge >= 0.3 is 0 Å². The predicted molar refractivity (Wildman–Crippen MR) is 83.5 cm³/mol. The van der Waals surface area contributed by atoms with Gasteiger partial charge in [-0.3, -0.25) is 0 Å². The Hall–Kier alpha value is -1.91. The summed E-state index contributed by atoms with van der Waals surface area (Å²) in [5, 5.41) is 14.0. The highest BCUT2D eigenvalue weighted by atomic mass is 19.1. The summed E-state index contributed by atoms with van der Waals surface area (Å²) in [4.78, 5) is 0. The predicted octanol–water partition coefficient (Wildman–Crippen LogP) is 2.76. The number of fused-ring (bicyclic) bond motifs is 1. The molecule has 0 aromatic heterocycles. The molecule has 0 amide bonds. The van der Waals surface area contributed by atoms with Crippen LogP contribution < -0.4 is 10.1 Å². The Morgan fingerprint density at radius 1 is 1.27 bits per heavy atom. The lowest BCUT2D eigenvalue weighted by Gasteiger charge is -2.31. The van der Waals surface area contributed by atoms with Crippen LogP contribution in [0.2, 0.25) is 0 Å². The molecule has 0 saturated carbocycles. The zero-order valence-corrected chi connectivity index (χ0v) is 12.8. The van der Waals surface area contributed by atoms with Crippen LogP contribution in [0.15, 0.2) is 42.5 Å². The van der Waals surface area contributed by atoms with Gasteiger partial charge in [-0.1, -0.05) is 30.3 Å². The van der Waals surface area contributed by atoms with Gasteiger partial charge in [-0.05, 0) is 37.2 Å². The molecule has 4 heteroatoms. The van der Waals surface area contributed by atoms with Gasteiger partial charge in [-0.15, -0.1) is 0 Å². The molecule has 2 aromatic carbocycles. The van der Waals surface area contributed by atoms with Gasteiger partial charge in [-0.2, -0.15) is 0 Å². The van der Waals surface area contributed by atoms with Crippen LogP contribution in [-0.2, 0) is 6.42 Å². The van der Waals surface area contributed by atoms with E-state index in [9.17, 15) is 9.50 Å². The van der Waals surface area contributed by atoms with Crippen LogP contribution in [0.3, 0.4) is 0 Å². The summed E-state index contributed by atoms with van der Waals surface area (Å²) in [7, 11) is 1.80. The van der Waals surface area contributed by atoms with Crippen molar-refractivity contribution in [3.63, 3.8) is 0 Å². The standard InChI is InChI=1S/C18H20FNO2/c1-12-15(19)8-5-9-16(12)22-17-14-7-4-3-6-13(14)10-18(17,21)11-20-2/h3-9,17,20-21H,10-11H2,1-2H3/t17-,18+/m1/s1. The zero-order valence-electron chi connectivity index (χ0n) is 12.8. The summed E-state index contributed by atoms with van der Waals surface area (Å²) in [6.45, 7) is 2.09. The van der Waals surface area contributed by atoms with Crippen LogP contribution in [0, 0.1) is 12.7 Å². The van der Waals surface area contributed by atoms with E-state index >= 15 is 0 Å². The lowest BCUT2D eigenvalue weighted by atomic mass is 9.97. The van der Waals surface area contributed by atoms with Crippen molar-refractivity contribution in [1.82, 2.24) is 5.32 Å². The minimum Gasteiger partial charge on any atom is -0.482 e. The Kier molecular flexibility index (Phi) is 3.89. The molecule has 3 rings (SSSR count). The van der Waals surface area contributed by atoms with E-state index in [4.69, 9.17) is 4.74 Å². The molecule has 2 N–H and O–H groups in total. The minimum absolute atomic E-state index is 0.305. The maximum Gasteiger partial charge on any atom is 0.154 e. The third kappa shape index (κ3) is 2.49. The molecule has 0 saturated heterocycles. The maximum absolute atomic E-state index is 13.7. The van der Waals surface area contributed by atoms with Crippen LogP contribution in [-0.4, -0.2) is 24.3 Å². The highest BCUT2D eigenvalue weighted by Crippen LogP contribution is 2.42. The first-order valence-electron chi connectivity index (χ1n) is 7.42. The number of nitrogens with one attached hydrogen (secondary N) is 1. The summed E-state index contributed by atoms with van der Waals surface area (Å²) >= 11 is 0. The number of hydrogen-bond acceptors (Lipinski definition) is 3. The van der Waals surface area contributed by atoms with Crippen LogP contribution >= 0.6 is 0 Å². The Bertz CT molecular complexity index is 689. The van der Waals surface area contributed by atoms with Crippen molar-refractivity contribution in [2.24, 2.45) is 0 Å². The smallest absolute Gasteiger partial charge is 0.154 e. The third-order valence-electron chi connectivity index (χ3n) is 4.27. The molecular weight excluding hydrogens is 281 g/mol. The van der Waals surface area contributed by atoms with Crippen molar-refractivity contribution in [3.8, 4) is 5.75 Å². The lowest BCUT2D eigenvalue weighted by Crippen LogP contribution is -2.45. The summed E-state index contributed by atoms with van der Waals surface area (Å²) in [5.41, 5.74) is 1.44. The average molecular weight is 301 g/mol. The molecule has 2 atom stereocenters. The van der Waals surface area contributed by atoms with Gasteiger partial charge in [0.15, 0.2) is 6.10 Å². The van der Waals surface area contributed by atoms with E-state index < -0.39 is 11.7 Å². The number of rotatable bonds is 4. The molecule has 3 nitrogen and oxygen atoms in total. The third-order valence-corrected chi connectivity index (χ3v) is 4.27. The molecule has 2 aromatic rings. The monoisotopic (exact) mass is 301 g/mol. The molecular formula is C18H20FNO2. The Labute approximate surface area is 129 Å². The first-order chi connectivity index (χ1) is 10.5. The minimum atomic E-state index is -1.04. The average Bonchev–Trinajstić information content (AvgIpc) is 2.76. The van der Waals surface area contributed by atoms with Gasteiger partial charge in [0.25, 0.3) is 0 Å². The second-order valence-electron chi connectivity index (χ2n) is 5.87. The number of likely N-dealkylation sites (N-methyl/N-ethyl adjacent to an activating group) is 1. The zero-order chi connectivity index (χ0) is 15.7. The number of aliphatic hydroxyl groups is 1. The number of hydrogen-bond donors (Lipinski definition) is 2. The Morgan fingerprint density at radius 3 is 2.82 bits per heavy atom. The van der Waals surface area contributed by atoms with Gasteiger partial charge in [-0.25, -0.2) is 4.39 Å². The van der Waals surface area contributed by atoms with E-state index in [1.54, 1.807) is 26.1 Å². The molecule has 116 valence electrons. The Morgan fingerprint density at radius 2 is 2.05 bits per heavy atom. The van der Waals surface area contributed by atoms with Crippen molar-refractivity contribution < 1.29 is 14.2 Å².